The van der Waals surface area contributed by atoms with Crippen molar-refractivity contribution in [2.24, 2.45) is 5.41 Å². The standard InChI is InChI=1S/C16H13F4N3O3/c17-10-3-1-2-4-12(10)23-7-5-11(21-23)13(24)22-8-6-15(9-22,14(25)26)16(18,19)20/h1-5,7H,6,8-9H2,(H,25,26). The molecule has 10 heteroatoms. The number of hydrogen-bond donors (Lipinski definition) is 1. The fourth-order valence-corrected chi connectivity index (χ4v) is 2.88. The van der Waals surface area contributed by atoms with E-state index in [1.807, 2.05) is 0 Å². The zero-order chi connectivity index (χ0) is 19.1. The Kier molecular flexibility index (Phi) is 4.21. The molecule has 0 aliphatic carbocycles. The molecular formula is C16H13F4N3O3. The van der Waals surface area contributed by atoms with Crippen molar-refractivity contribution in [3.05, 3.63) is 48.0 Å². The molecule has 0 radical (unpaired) electrons. The Balaban J connectivity index is 1.84. The minimum Gasteiger partial charge on any atom is -0.481 e. The second-order valence-electron chi connectivity index (χ2n) is 5.96. The van der Waals surface area contributed by atoms with Gasteiger partial charge < -0.3 is 10.0 Å². The SMILES string of the molecule is O=C(c1ccn(-c2ccccc2F)n1)N1CCC(C(=O)O)(C(F)(F)F)C1. The number of aliphatic carboxylic acids is 1. The van der Waals surface area contributed by atoms with Gasteiger partial charge in [0.25, 0.3) is 5.91 Å². The number of halogens is 4. The van der Waals surface area contributed by atoms with E-state index in [4.69, 9.17) is 5.11 Å². The van der Waals surface area contributed by atoms with Gasteiger partial charge in [-0.25, -0.2) is 9.07 Å². The van der Waals surface area contributed by atoms with E-state index in [2.05, 4.69) is 5.10 Å². The van der Waals surface area contributed by atoms with E-state index in [9.17, 15) is 27.2 Å². The van der Waals surface area contributed by atoms with Gasteiger partial charge in [-0.05, 0) is 24.6 Å². The van der Waals surface area contributed by atoms with Gasteiger partial charge in [0.05, 0.1) is 0 Å². The Morgan fingerprint density at radius 3 is 2.46 bits per heavy atom. The Morgan fingerprint density at radius 1 is 1.19 bits per heavy atom. The number of nitrogens with zero attached hydrogens (tertiary/aromatic N) is 3. The molecule has 6 nitrogen and oxygen atoms in total. The minimum absolute atomic E-state index is 0.0724. The Morgan fingerprint density at radius 2 is 1.88 bits per heavy atom. The van der Waals surface area contributed by atoms with Crippen LogP contribution in [0.15, 0.2) is 36.5 Å². The van der Waals surface area contributed by atoms with Crippen LogP contribution < -0.4 is 0 Å². The normalized spacial score (nSPS) is 20.4. The number of benzene rings is 1. The van der Waals surface area contributed by atoms with E-state index in [1.165, 1.54) is 30.5 Å². The molecule has 1 aliphatic rings. The first-order chi connectivity index (χ1) is 12.2. The quantitative estimate of drug-likeness (QED) is 0.842. The highest BCUT2D eigenvalue weighted by molar-refractivity contribution is 5.93. The molecule has 0 spiro atoms. The average molecular weight is 371 g/mol. The van der Waals surface area contributed by atoms with Crippen LogP contribution in [0.5, 0.6) is 0 Å². The number of hydrogen-bond acceptors (Lipinski definition) is 3. The highest BCUT2D eigenvalue weighted by Crippen LogP contribution is 2.45. The maximum atomic E-state index is 13.8. The van der Waals surface area contributed by atoms with Crippen LogP contribution >= 0.6 is 0 Å². The predicted molar refractivity (Wildman–Crippen MR) is 80.2 cm³/mol. The summed E-state index contributed by atoms with van der Waals surface area (Å²) < 4.78 is 54.4. The van der Waals surface area contributed by atoms with Crippen LogP contribution in [0.2, 0.25) is 0 Å². The molecule has 2 aromatic rings. The number of likely N-dealkylation sites (tertiary alicyclic amines) is 1. The Bertz CT molecular complexity index is 864. The minimum atomic E-state index is -4.99. The van der Waals surface area contributed by atoms with Crippen LogP contribution in [0.1, 0.15) is 16.9 Å². The van der Waals surface area contributed by atoms with Crippen LogP contribution in [0.3, 0.4) is 0 Å². The van der Waals surface area contributed by atoms with Crippen molar-refractivity contribution in [1.29, 1.82) is 0 Å². The smallest absolute Gasteiger partial charge is 0.406 e. The summed E-state index contributed by atoms with van der Waals surface area (Å²) in [5.74, 6) is -3.44. The first-order valence-electron chi connectivity index (χ1n) is 7.56. The van der Waals surface area contributed by atoms with E-state index >= 15 is 0 Å². The molecule has 1 amide bonds. The fraction of sp³-hybridized carbons (Fsp3) is 0.312. The zero-order valence-corrected chi connectivity index (χ0v) is 13.2. The Hall–Kier alpha value is -2.91. The summed E-state index contributed by atoms with van der Waals surface area (Å²) in [4.78, 5) is 24.4. The van der Waals surface area contributed by atoms with Crippen LogP contribution in [-0.4, -0.2) is 50.9 Å². The molecule has 3 rings (SSSR count). The summed E-state index contributed by atoms with van der Waals surface area (Å²) in [6.07, 6.45) is -4.41. The summed E-state index contributed by atoms with van der Waals surface area (Å²) in [6, 6.07) is 6.89. The van der Waals surface area contributed by atoms with E-state index in [-0.39, 0.29) is 17.9 Å². The molecule has 1 aromatic heterocycles. The number of aromatic nitrogens is 2. The van der Waals surface area contributed by atoms with Crippen LogP contribution in [0, 0.1) is 11.2 Å². The van der Waals surface area contributed by atoms with Crippen LogP contribution in [-0.2, 0) is 4.79 Å². The van der Waals surface area contributed by atoms with Gasteiger partial charge in [-0.1, -0.05) is 12.1 Å². The van der Waals surface area contributed by atoms with Gasteiger partial charge in [0, 0.05) is 19.3 Å². The van der Waals surface area contributed by atoms with Gasteiger partial charge in [0.1, 0.15) is 11.5 Å². The molecular weight excluding hydrogens is 358 g/mol. The lowest BCUT2D eigenvalue weighted by Crippen LogP contribution is -2.47. The molecule has 26 heavy (non-hydrogen) atoms. The Labute approximate surface area is 144 Å². The lowest BCUT2D eigenvalue weighted by molar-refractivity contribution is -0.227. The van der Waals surface area contributed by atoms with Crippen molar-refractivity contribution in [3.8, 4) is 5.69 Å². The second kappa shape index (κ2) is 6.11. The van der Waals surface area contributed by atoms with Crippen molar-refractivity contribution < 1.29 is 32.3 Å². The maximum Gasteiger partial charge on any atom is 0.406 e. The molecule has 138 valence electrons. The number of carboxylic acids is 1. The number of amides is 1. The first kappa shape index (κ1) is 17.9. The third-order valence-electron chi connectivity index (χ3n) is 4.42. The van der Waals surface area contributed by atoms with Gasteiger partial charge >= 0.3 is 12.1 Å². The number of rotatable bonds is 3. The van der Waals surface area contributed by atoms with Gasteiger partial charge in [-0.15, -0.1) is 0 Å². The second-order valence-corrected chi connectivity index (χ2v) is 5.96. The molecule has 1 aromatic carbocycles. The monoisotopic (exact) mass is 371 g/mol. The molecule has 1 fully saturated rings. The molecule has 1 N–H and O–H groups in total. The molecule has 0 saturated carbocycles. The summed E-state index contributed by atoms with van der Waals surface area (Å²) in [6.45, 7) is -1.35. The van der Waals surface area contributed by atoms with Gasteiger partial charge in [-0.3, -0.25) is 9.59 Å². The number of carbonyl (C=O) groups excluding carboxylic acids is 1. The highest BCUT2D eigenvalue weighted by atomic mass is 19.4. The summed E-state index contributed by atoms with van der Waals surface area (Å²) in [5.41, 5.74) is -3.11. The molecule has 1 aliphatic heterocycles. The fourth-order valence-electron chi connectivity index (χ4n) is 2.88. The average Bonchev–Trinajstić information content (AvgIpc) is 3.22. The highest BCUT2D eigenvalue weighted by Gasteiger charge is 2.64. The summed E-state index contributed by atoms with van der Waals surface area (Å²) >= 11 is 0. The number of alkyl halides is 3. The van der Waals surface area contributed by atoms with Crippen molar-refractivity contribution >= 4 is 11.9 Å². The van der Waals surface area contributed by atoms with Crippen molar-refractivity contribution in [1.82, 2.24) is 14.7 Å². The number of carbonyl (C=O) groups is 2. The van der Waals surface area contributed by atoms with Crippen molar-refractivity contribution in [2.75, 3.05) is 13.1 Å². The van der Waals surface area contributed by atoms with E-state index in [0.29, 0.717) is 0 Å². The molecule has 0 bridgehead atoms. The van der Waals surface area contributed by atoms with Crippen LogP contribution in [0.25, 0.3) is 5.69 Å². The van der Waals surface area contributed by atoms with E-state index < -0.39 is 42.3 Å². The lowest BCUT2D eigenvalue weighted by Gasteiger charge is -2.27. The number of carboxylic acid groups (broad SMARTS) is 1. The largest absolute Gasteiger partial charge is 0.481 e. The molecule has 1 saturated heterocycles. The van der Waals surface area contributed by atoms with Gasteiger partial charge in [0.2, 0.25) is 0 Å². The van der Waals surface area contributed by atoms with Crippen molar-refractivity contribution in [3.63, 3.8) is 0 Å². The molecule has 1 unspecified atom stereocenters. The van der Waals surface area contributed by atoms with Crippen LogP contribution in [0.4, 0.5) is 17.6 Å². The third kappa shape index (κ3) is 2.80. The van der Waals surface area contributed by atoms with Crippen molar-refractivity contribution in [2.45, 2.75) is 12.6 Å². The number of para-hydroxylation sites is 1. The predicted octanol–water partition coefficient (Wildman–Crippen LogP) is 2.49. The molecule has 2 heterocycles. The topological polar surface area (TPSA) is 75.4 Å². The van der Waals surface area contributed by atoms with E-state index in [0.717, 1.165) is 9.58 Å². The lowest BCUT2D eigenvalue weighted by atomic mass is 9.86. The summed E-state index contributed by atoms with van der Waals surface area (Å²) in [5, 5.41) is 12.9. The van der Waals surface area contributed by atoms with Gasteiger partial charge in [-0.2, -0.15) is 18.3 Å². The summed E-state index contributed by atoms with van der Waals surface area (Å²) in [7, 11) is 0. The maximum absolute atomic E-state index is 13.8. The third-order valence-corrected chi connectivity index (χ3v) is 4.42. The first-order valence-corrected chi connectivity index (χ1v) is 7.56. The zero-order valence-electron chi connectivity index (χ0n) is 13.2. The van der Waals surface area contributed by atoms with E-state index in [1.54, 1.807) is 6.07 Å². The van der Waals surface area contributed by atoms with Gasteiger partial charge in [0.15, 0.2) is 11.1 Å². The molecule has 1 atom stereocenters.